The zero-order valence-corrected chi connectivity index (χ0v) is 10.9. The number of ketones is 1. The van der Waals surface area contributed by atoms with Crippen LogP contribution in [0.4, 0.5) is 10.1 Å². The maximum atomic E-state index is 14.0. The highest BCUT2D eigenvalue weighted by Crippen LogP contribution is 2.28. The lowest BCUT2D eigenvalue weighted by Crippen LogP contribution is -2.46. The molecule has 18 heavy (non-hydrogen) atoms. The van der Waals surface area contributed by atoms with Crippen LogP contribution in [0.25, 0.3) is 0 Å². The van der Waals surface area contributed by atoms with Crippen LogP contribution >= 0.6 is 0 Å². The minimum Gasteiger partial charge on any atom is -0.372 e. The van der Waals surface area contributed by atoms with Gasteiger partial charge in [-0.15, -0.1) is 0 Å². The van der Waals surface area contributed by atoms with Crippen LogP contribution in [0, 0.1) is 5.82 Å². The molecule has 1 saturated heterocycles. The second-order valence-corrected chi connectivity index (χ2v) is 4.85. The van der Waals surface area contributed by atoms with Gasteiger partial charge in [-0.1, -0.05) is 6.07 Å². The third-order valence-corrected chi connectivity index (χ3v) is 3.10. The predicted molar refractivity (Wildman–Crippen MR) is 68.6 cm³/mol. The molecule has 0 aliphatic carbocycles. The molecule has 2 atom stereocenters. The molecule has 0 N–H and O–H groups in total. The number of rotatable bonds is 2. The smallest absolute Gasteiger partial charge is 0.161 e. The summed E-state index contributed by atoms with van der Waals surface area (Å²) in [5.74, 6) is -0.458. The van der Waals surface area contributed by atoms with E-state index in [1.807, 2.05) is 18.7 Å². The average Bonchev–Trinajstić information content (AvgIpc) is 2.26. The van der Waals surface area contributed by atoms with Crippen molar-refractivity contribution >= 4 is 11.5 Å². The summed E-state index contributed by atoms with van der Waals surface area (Å²) in [5.41, 5.74) is 0.850. The van der Waals surface area contributed by atoms with E-state index in [2.05, 4.69) is 0 Å². The molecule has 0 radical (unpaired) electrons. The van der Waals surface area contributed by atoms with E-state index in [0.29, 0.717) is 24.3 Å². The fourth-order valence-electron chi connectivity index (χ4n) is 2.48. The Morgan fingerprint density at radius 2 is 1.94 bits per heavy atom. The monoisotopic (exact) mass is 251 g/mol. The lowest BCUT2D eigenvalue weighted by Gasteiger charge is -2.37. The number of hydrogen-bond donors (Lipinski definition) is 0. The summed E-state index contributed by atoms with van der Waals surface area (Å²) < 4.78 is 19.6. The Morgan fingerprint density at radius 3 is 2.50 bits per heavy atom. The van der Waals surface area contributed by atoms with Gasteiger partial charge in [0.2, 0.25) is 0 Å². The highest BCUT2D eigenvalue weighted by molar-refractivity contribution is 5.99. The van der Waals surface area contributed by atoms with Crippen molar-refractivity contribution < 1.29 is 13.9 Å². The topological polar surface area (TPSA) is 29.5 Å². The van der Waals surface area contributed by atoms with Gasteiger partial charge in [0.15, 0.2) is 5.78 Å². The molecule has 4 heteroatoms. The Hall–Kier alpha value is -1.42. The fourth-order valence-corrected chi connectivity index (χ4v) is 2.48. The second kappa shape index (κ2) is 5.06. The quantitative estimate of drug-likeness (QED) is 0.757. The lowest BCUT2D eigenvalue weighted by atomic mass is 10.1. The number of carbonyl (C=O) groups is 1. The van der Waals surface area contributed by atoms with Gasteiger partial charge in [0.05, 0.1) is 17.9 Å². The summed E-state index contributed by atoms with van der Waals surface area (Å²) in [4.78, 5) is 13.5. The molecule has 2 unspecified atom stereocenters. The molecule has 0 saturated carbocycles. The van der Waals surface area contributed by atoms with Crippen molar-refractivity contribution in [2.75, 3.05) is 18.0 Å². The Bertz CT molecular complexity index is 451. The van der Waals surface area contributed by atoms with Crippen molar-refractivity contribution in [2.45, 2.75) is 33.0 Å². The van der Waals surface area contributed by atoms with Gasteiger partial charge in [0.1, 0.15) is 5.82 Å². The van der Waals surface area contributed by atoms with E-state index in [1.54, 1.807) is 12.1 Å². The highest BCUT2D eigenvalue weighted by atomic mass is 19.1. The molecular weight excluding hydrogens is 233 g/mol. The van der Waals surface area contributed by atoms with Crippen LogP contribution in [0.5, 0.6) is 0 Å². The van der Waals surface area contributed by atoms with Crippen molar-refractivity contribution in [1.82, 2.24) is 0 Å². The number of morpholine rings is 1. The molecule has 98 valence electrons. The Kier molecular flexibility index (Phi) is 3.66. The molecule has 0 bridgehead atoms. The number of Topliss-reactive ketones (excluding diaryl/α,β-unsaturated/α-hetero) is 1. The van der Waals surface area contributed by atoms with Crippen LogP contribution in [-0.2, 0) is 4.74 Å². The van der Waals surface area contributed by atoms with Crippen LogP contribution in [0.3, 0.4) is 0 Å². The summed E-state index contributed by atoms with van der Waals surface area (Å²) in [6.07, 6.45) is 0.0707. The molecule has 0 amide bonds. The standard InChI is InChI=1S/C14H18FNO2/c1-9-7-16(8-10(2)18-9)14-12(11(3)17)5-4-6-13(14)15/h4-6,9-10H,7-8H2,1-3H3. The number of carbonyl (C=O) groups excluding carboxylic acids is 1. The average molecular weight is 251 g/mol. The Balaban J connectivity index is 2.40. The van der Waals surface area contributed by atoms with Crippen LogP contribution in [0.1, 0.15) is 31.1 Å². The Labute approximate surface area is 107 Å². The van der Waals surface area contributed by atoms with Crippen LogP contribution in [0.15, 0.2) is 18.2 Å². The van der Waals surface area contributed by atoms with Crippen LogP contribution in [-0.4, -0.2) is 31.1 Å². The van der Waals surface area contributed by atoms with Gasteiger partial charge in [-0.3, -0.25) is 4.79 Å². The molecule has 1 aromatic rings. The number of nitrogens with zero attached hydrogens (tertiary/aromatic N) is 1. The third kappa shape index (κ3) is 2.53. The van der Waals surface area contributed by atoms with Gasteiger partial charge >= 0.3 is 0 Å². The molecule has 3 nitrogen and oxygen atoms in total. The van der Waals surface area contributed by atoms with Crippen molar-refractivity contribution in [3.8, 4) is 0 Å². The molecular formula is C14H18FNO2. The first-order valence-electron chi connectivity index (χ1n) is 6.19. The van der Waals surface area contributed by atoms with Gasteiger partial charge in [0, 0.05) is 18.7 Å². The number of para-hydroxylation sites is 1. The van der Waals surface area contributed by atoms with Gasteiger partial charge in [-0.2, -0.15) is 0 Å². The summed E-state index contributed by atoms with van der Waals surface area (Å²) in [6, 6.07) is 4.64. The zero-order valence-electron chi connectivity index (χ0n) is 10.9. The first kappa shape index (κ1) is 13.0. The first-order chi connectivity index (χ1) is 8.49. The van der Waals surface area contributed by atoms with Crippen molar-refractivity contribution in [1.29, 1.82) is 0 Å². The van der Waals surface area contributed by atoms with E-state index in [0.717, 1.165) is 0 Å². The Morgan fingerprint density at radius 1 is 1.33 bits per heavy atom. The van der Waals surface area contributed by atoms with E-state index in [9.17, 15) is 9.18 Å². The fraction of sp³-hybridized carbons (Fsp3) is 0.500. The van der Waals surface area contributed by atoms with E-state index in [-0.39, 0.29) is 23.8 Å². The maximum absolute atomic E-state index is 14.0. The molecule has 0 aromatic heterocycles. The zero-order chi connectivity index (χ0) is 13.3. The summed E-state index contributed by atoms with van der Waals surface area (Å²) >= 11 is 0. The lowest BCUT2D eigenvalue weighted by molar-refractivity contribution is -0.00544. The molecule has 1 fully saturated rings. The molecule has 1 heterocycles. The molecule has 1 aliphatic rings. The van der Waals surface area contributed by atoms with Gasteiger partial charge in [0.25, 0.3) is 0 Å². The second-order valence-electron chi connectivity index (χ2n) is 4.85. The number of benzene rings is 1. The normalized spacial score (nSPS) is 24.1. The molecule has 0 spiro atoms. The number of halogens is 1. The maximum Gasteiger partial charge on any atom is 0.161 e. The van der Waals surface area contributed by atoms with Crippen molar-refractivity contribution in [3.63, 3.8) is 0 Å². The minimum absolute atomic E-state index is 0.0353. The number of ether oxygens (including phenoxy) is 1. The first-order valence-corrected chi connectivity index (χ1v) is 6.19. The van der Waals surface area contributed by atoms with Crippen molar-refractivity contribution in [3.05, 3.63) is 29.6 Å². The largest absolute Gasteiger partial charge is 0.372 e. The SMILES string of the molecule is CC(=O)c1cccc(F)c1N1CC(C)OC(C)C1. The molecule has 2 rings (SSSR count). The van der Waals surface area contributed by atoms with E-state index < -0.39 is 0 Å². The third-order valence-electron chi connectivity index (χ3n) is 3.10. The minimum atomic E-state index is -0.344. The predicted octanol–water partition coefficient (Wildman–Crippen LogP) is 2.64. The molecule has 1 aliphatic heterocycles. The van der Waals surface area contributed by atoms with E-state index in [4.69, 9.17) is 4.74 Å². The van der Waals surface area contributed by atoms with Crippen LogP contribution in [0.2, 0.25) is 0 Å². The van der Waals surface area contributed by atoms with Gasteiger partial charge in [-0.05, 0) is 32.9 Å². The van der Waals surface area contributed by atoms with Crippen molar-refractivity contribution in [2.24, 2.45) is 0 Å². The number of anilines is 1. The molecule has 1 aromatic carbocycles. The van der Waals surface area contributed by atoms with Crippen LogP contribution < -0.4 is 4.90 Å². The van der Waals surface area contributed by atoms with Gasteiger partial charge < -0.3 is 9.64 Å². The van der Waals surface area contributed by atoms with E-state index in [1.165, 1.54) is 13.0 Å². The number of hydrogen-bond acceptors (Lipinski definition) is 3. The summed E-state index contributed by atoms with van der Waals surface area (Å²) in [6.45, 7) is 6.58. The van der Waals surface area contributed by atoms with Gasteiger partial charge in [-0.25, -0.2) is 4.39 Å². The highest BCUT2D eigenvalue weighted by Gasteiger charge is 2.26. The summed E-state index contributed by atoms with van der Waals surface area (Å²) in [7, 11) is 0. The summed E-state index contributed by atoms with van der Waals surface area (Å²) in [5, 5.41) is 0. The van der Waals surface area contributed by atoms with E-state index >= 15 is 0 Å².